The maximum absolute atomic E-state index is 10.9. The van der Waals surface area contributed by atoms with Gasteiger partial charge in [-0.05, 0) is 42.9 Å². The third-order valence-electron chi connectivity index (χ3n) is 3.32. The Bertz CT molecular complexity index is 407. The minimum absolute atomic E-state index is 0.173. The van der Waals surface area contributed by atoms with Crippen molar-refractivity contribution in [1.29, 1.82) is 0 Å². The lowest BCUT2D eigenvalue weighted by atomic mass is 9.97. The van der Waals surface area contributed by atoms with Gasteiger partial charge in [-0.15, -0.1) is 0 Å². The van der Waals surface area contributed by atoms with E-state index in [-0.39, 0.29) is 6.04 Å². The fraction of sp³-hybridized carbons (Fsp3) is 0.417. The SMILES string of the molecule is NC(=O)N(O)[C@@H]1CC[C@@H](c2ccc(Cl)cc2)C1. The Balaban J connectivity index is 2.02. The maximum atomic E-state index is 10.9. The van der Waals surface area contributed by atoms with Gasteiger partial charge in [-0.2, -0.15) is 0 Å². The third kappa shape index (κ3) is 2.70. The molecule has 0 spiro atoms. The molecule has 1 aromatic carbocycles. The molecule has 0 radical (unpaired) electrons. The zero-order chi connectivity index (χ0) is 12.4. The Morgan fingerprint density at radius 1 is 1.35 bits per heavy atom. The van der Waals surface area contributed by atoms with Crippen LogP contribution in [0.25, 0.3) is 0 Å². The number of urea groups is 1. The van der Waals surface area contributed by atoms with Crippen molar-refractivity contribution >= 4 is 17.6 Å². The van der Waals surface area contributed by atoms with Gasteiger partial charge < -0.3 is 5.73 Å². The van der Waals surface area contributed by atoms with Gasteiger partial charge in [0.05, 0.1) is 6.04 Å². The van der Waals surface area contributed by atoms with Crippen LogP contribution in [0.5, 0.6) is 0 Å². The number of carbonyl (C=O) groups excluding carboxylic acids is 1. The first kappa shape index (κ1) is 12.2. The summed E-state index contributed by atoms with van der Waals surface area (Å²) in [7, 11) is 0. The number of hydrogen-bond acceptors (Lipinski definition) is 2. The molecule has 2 atom stereocenters. The summed E-state index contributed by atoms with van der Waals surface area (Å²) in [4.78, 5) is 10.9. The van der Waals surface area contributed by atoms with Gasteiger partial charge in [0.25, 0.3) is 0 Å². The van der Waals surface area contributed by atoms with Crippen molar-refractivity contribution in [3.8, 4) is 0 Å². The first-order valence-electron chi connectivity index (χ1n) is 5.61. The second-order valence-electron chi connectivity index (χ2n) is 4.40. The number of hydroxylamine groups is 2. The number of nitrogens with zero attached hydrogens (tertiary/aromatic N) is 1. The molecule has 2 rings (SSSR count). The molecule has 1 fully saturated rings. The van der Waals surface area contributed by atoms with E-state index in [1.807, 2.05) is 24.3 Å². The molecule has 0 saturated heterocycles. The predicted octanol–water partition coefficient (Wildman–Crippen LogP) is 2.75. The minimum Gasteiger partial charge on any atom is -0.350 e. The van der Waals surface area contributed by atoms with Crippen LogP contribution in [0.15, 0.2) is 24.3 Å². The summed E-state index contributed by atoms with van der Waals surface area (Å²) in [5.41, 5.74) is 6.23. The van der Waals surface area contributed by atoms with Crippen molar-refractivity contribution in [3.63, 3.8) is 0 Å². The summed E-state index contributed by atoms with van der Waals surface area (Å²) in [6.07, 6.45) is 2.45. The van der Waals surface area contributed by atoms with Gasteiger partial charge >= 0.3 is 6.03 Å². The largest absolute Gasteiger partial charge is 0.350 e. The smallest absolute Gasteiger partial charge is 0.338 e. The second kappa shape index (κ2) is 4.94. The summed E-state index contributed by atoms with van der Waals surface area (Å²) in [5, 5.41) is 10.8. The number of amides is 2. The molecule has 4 nitrogen and oxygen atoms in total. The summed E-state index contributed by atoms with van der Waals surface area (Å²) in [6, 6.07) is 6.73. The van der Waals surface area contributed by atoms with E-state index in [4.69, 9.17) is 17.3 Å². The van der Waals surface area contributed by atoms with E-state index in [0.717, 1.165) is 19.3 Å². The van der Waals surface area contributed by atoms with Crippen LogP contribution in [0.2, 0.25) is 5.02 Å². The van der Waals surface area contributed by atoms with Crippen LogP contribution in [0.1, 0.15) is 30.7 Å². The fourth-order valence-corrected chi connectivity index (χ4v) is 2.52. The molecule has 1 aliphatic rings. The molecule has 0 unspecified atom stereocenters. The second-order valence-corrected chi connectivity index (χ2v) is 4.83. The number of nitrogens with two attached hydrogens (primary N) is 1. The van der Waals surface area contributed by atoms with Crippen molar-refractivity contribution in [1.82, 2.24) is 5.06 Å². The van der Waals surface area contributed by atoms with Gasteiger partial charge in [-0.3, -0.25) is 5.21 Å². The lowest BCUT2D eigenvalue weighted by Gasteiger charge is -2.19. The van der Waals surface area contributed by atoms with Crippen LogP contribution in [-0.4, -0.2) is 22.3 Å². The summed E-state index contributed by atoms with van der Waals surface area (Å²) >= 11 is 5.83. The number of rotatable bonds is 2. The van der Waals surface area contributed by atoms with Crippen molar-refractivity contribution in [2.75, 3.05) is 0 Å². The van der Waals surface area contributed by atoms with Gasteiger partial charge in [0.2, 0.25) is 0 Å². The lowest BCUT2D eigenvalue weighted by Crippen LogP contribution is -2.39. The van der Waals surface area contributed by atoms with Gasteiger partial charge in [0.15, 0.2) is 0 Å². The number of hydrogen-bond donors (Lipinski definition) is 2. The quantitative estimate of drug-likeness (QED) is 0.630. The van der Waals surface area contributed by atoms with Gasteiger partial charge in [0.1, 0.15) is 0 Å². The Labute approximate surface area is 105 Å². The molecular formula is C12H15ClN2O2. The number of halogens is 1. The molecule has 3 N–H and O–H groups in total. The molecule has 1 aliphatic carbocycles. The maximum Gasteiger partial charge on any atom is 0.338 e. The highest BCUT2D eigenvalue weighted by Gasteiger charge is 2.31. The number of primary amides is 1. The number of benzene rings is 1. The molecule has 0 heterocycles. The Hall–Kier alpha value is -1.26. The van der Waals surface area contributed by atoms with E-state index in [0.29, 0.717) is 16.0 Å². The van der Waals surface area contributed by atoms with Crippen molar-refractivity contribution in [2.45, 2.75) is 31.2 Å². The first-order valence-corrected chi connectivity index (χ1v) is 5.98. The Morgan fingerprint density at radius 2 is 2.00 bits per heavy atom. The standard InChI is InChI=1S/C12H15ClN2O2/c13-10-4-1-8(2-5-10)9-3-6-11(7-9)15(17)12(14)16/h1-2,4-5,9,11,17H,3,6-7H2,(H2,14,16)/t9-,11-/m1/s1. The third-order valence-corrected chi connectivity index (χ3v) is 3.57. The highest BCUT2D eigenvalue weighted by molar-refractivity contribution is 6.30. The topological polar surface area (TPSA) is 66.6 Å². The highest BCUT2D eigenvalue weighted by atomic mass is 35.5. The molecule has 92 valence electrons. The predicted molar refractivity (Wildman–Crippen MR) is 65.0 cm³/mol. The van der Waals surface area contributed by atoms with E-state index in [9.17, 15) is 10.0 Å². The van der Waals surface area contributed by atoms with Crippen LogP contribution >= 0.6 is 11.6 Å². The molecule has 1 aromatic rings. The fourth-order valence-electron chi connectivity index (χ4n) is 2.40. The summed E-state index contributed by atoms with van der Waals surface area (Å²) < 4.78 is 0. The monoisotopic (exact) mass is 254 g/mol. The van der Waals surface area contributed by atoms with Crippen molar-refractivity contribution in [3.05, 3.63) is 34.9 Å². The van der Waals surface area contributed by atoms with Gasteiger partial charge in [-0.25, -0.2) is 9.86 Å². The normalized spacial score (nSPS) is 23.6. The van der Waals surface area contributed by atoms with Crippen molar-refractivity contribution < 1.29 is 10.0 Å². The van der Waals surface area contributed by atoms with E-state index in [1.54, 1.807) is 0 Å². The van der Waals surface area contributed by atoms with E-state index in [1.165, 1.54) is 5.56 Å². The molecule has 0 aromatic heterocycles. The zero-order valence-electron chi connectivity index (χ0n) is 9.34. The molecule has 0 bridgehead atoms. The molecule has 0 aliphatic heterocycles. The lowest BCUT2D eigenvalue weighted by molar-refractivity contribution is -0.0730. The van der Waals surface area contributed by atoms with Crippen LogP contribution in [0.3, 0.4) is 0 Å². The molecular weight excluding hydrogens is 240 g/mol. The first-order chi connectivity index (χ1) is 8.08. The van der Waals surface area contributed by atoms with Crippen LogP contribution in [0, 0.1) is 0 Å². The van der Waals surface area contributed by atoms with Crippen LogP contribution in [-0.2, 0) is 0 Å². The van der Waals surface area contributed by atoms with Gasteiger partial charge in [0, 0.05) is 5.02 Å². The Morgan fingerprint density at radius 3 is 2.59 bits per heavy atom. The molecule has 2 amide bonds. The van der Waals surface area contributed by atoms with Gasteiger partial charge in [-0.1, -0.05) is 23.7 Å². The average molecular weight is 255 g/mol. The zero-order valence-corrected chi connectivity index (χ0v) is 10.1. The average Bonchev–Trinajstić information content (AvgIpc) is 2.78. The summed E-state index contributed by atoms with van der Waals surface area (Å²) in [5.74, 6) is 0.353. The highest BCUT2D eigenvalue weighted by Crippen LogP contribution is 2.36. The molecule has 17 heavy (non-hydrogen) atoms. The summed E-state index contributed by atoms with van der Waals surface area (Å²) in [6.45, 7) is 0. The number of carbonyl (C=O) groups is 1. The minimum atomic E-state index is -0.785. The van der Waals surface area contributed by atoms with Crippen LogP contribution in [0.4, 0.5) is 4.79 Å². The van der Waals surface area contributed by atoms with E-state index < -0.39 is 6.03 Å². The van der Waals surface area contributed by atoms with Crippen molar-refractivity contribution in [2.24, 2.45) is 5.73 Å². The van der Waals surface area contributed by atoms with E-state index in [2.05, 4.69) is 0 Å². The molecule has 1 saturated carbocycles. The van der Waals surface area contributed by atoms with Crippen LogP contribution < -0.4 is 5.73 Å². The van der Waals surface area contributed by atoms with E-state index >= 15 is 0 Å². The molecule has 5 heteroatoms. The Kier molecular flexibility index (Phi) is 3.54.